The fraction of sp³-hybridized carbons (Fsp3) is 0.909. The summed E-state index contributed by atoms with van der Waals surface area (Å²) >= 11 is 0. The molecule has 0 aliphatic carbocycles. The van der Waals surface area contributed by atoms with Crippen LogP contribution in [0.4, 0.5) is 0 Å². The molecular weight excluding hydrogens is 196 g/mol. The van der Waals surface area contributed by atoms with Crippen LogP contribution in [0.2, 0.25) is 0 Å². The van der Waals surface area contributed by atoms with Gasteiger partial charge < -0.3 is 14.2 Å². The molecule has 88 valence electrons. The highest BCUT2D eigenvalue weighted by atomic mass is 16.5. The van der Waals surface area contributed by atoms with Crippen molar-refractivity contribution in [1.29, 1.82) is 0 Å². The molecule has 1 aliphatic heterocycles. The third-order valence-electron chi connectivity index (χ3n) is 2.51. The van der Waals surface area contributed by atoms with Gasteiger partial charge in [0.2, 0.25) is 0 Å². The Balaban J connectivity index is 1.96. The van der Waals surface area contributed by atoms with E-state index in [1.807, 2.05) is 0 Å². The summed E-state index contributed by atoms with van der Waals surface area (Å²) in [4.78, 5) is 11.4. The van der Waals surface area contributed by atoms with E-state index in [1.54, 1.807) is 7.11 Å². The molecule has 1 saturated heterocycles. The summed E-state index contributed by atoms with van der Waals surface area (Å²) in [6.07, 6.45) is 2.26. The highest BCUT2D eigenvalue weighted by Gasteiger charge is 2.22. The van der Waals surface area contributed by atoms with Gasteiger partial charge in [0.25, 0.3) is 0 Å². The number of hydrogen-bond donors (Lipinski definition) is 0. The van der Waals surface area contributed by atoms with Crippen molar-refractivity contribution in [3.63, 3.8) is 0 Å². The molecule has 1 rings (SSSR count). The first-order valence-corrected chi connectivity index (χ1v) is 5.51. The van der Waals surface area contributed by atoms with Gasteiger partial charge in [0.15, 0.2) is 0 Å². The van der Waals surface area contributed by atoms with E-state index in [-0.39, 0.29) is 5.92 Å². The van der Waals surface area contributed by atoms with Crippen LogP contribution < -0.4 is 0 Å². The first-order chi connectivity index (χ1) is 7.34. The molecule has 4 heteroatoms. The van der Waals surface area contributed by atoms with Crippen LogP contribution in [0.1, 0.15) is 19.3 Å². The summed E-state index contributed by atoms with van der Waals surface area (Å²) in [5, 5.41) is 0. The standard InChI is InChI=1S/C11H20O4/c1-13-5-2-6-14-7-3-10-9-15-8-4-11(10)12/h10H,2-9H2,1H3. The van der Waals surface area contributed by atoms with Gasteiger partial charge in [-0.2, -0.15) is 0 Å². The quantitative estimate of drug-likeness (QED) is 0.596. The molecule has 1 heterocycles. The number of hydrogen-bond acceptors (Lipinski definition) is 4. The minimum absolute atomic E-state index is 0.0566. The highest BCUT2D eigenvalue weighted by Crippen LogP contribution is 2.13. The Morgan fingerprint density at radius 2 is 2.27 bits per heavy atom. The van der Waals surface area contributed by atoms with E-state index in [0.29, 0.717) is 38.6 Å². The second-order valence-corrected chi connectivity index (χ2v) is 3.74. The summed E-state index contributed by atoms with van der Waals surface area (Å²) < 4.78 is 15.6. The van der Waals surface area contributed by atoms with Crippen molar-refractivity contribution >= 4 is 5.78 Å². The van der Waals surface area contributed by atoms with Crippen molar-refractivity contribution in [3.8, 4) is 0 Å². The predicted octanol–water partition coefficient (Wildman–Crippen LogP) is 1.04. The van der Waals surface area contributed by atoms with Crippen molar-refractivity contribution in [2.45, 2.75) is 19.3 Å². The van der Waals surface area contributed by atoms with Crippen molar-refractivity contribution in [2.24, 2.45) is 5.92 Å². The van der Waals surface area contributed by atoms with Gasteiger partial charge >= 0.3 is 0 Å². The van der Waals surface area contributed by atoms with Crippen LogP contribution in [0.3, 0.4) is 0 Å². The number of Topliss-reactive ketones (excluding diaryl/α,β-unsaturated/α-hetero) is 1. The molecule has 0 bridgehead atoms. The van der Waals surface area contributed by atoms with Crippen molar-refractivity contribution in [1.82, 2.24) is 0 Å². The van der Waals surface area contributed by atoms with Crippen LogP contribution in [0.25, 0.3) is 0 Å². The van der Waals surface area contributed by atoms with Gasteiger partial charge in [-0.15, -0.1) is 0 Å². The number of ketones is 1. The number of carbonyl (C=O) groups is 1. The van der Waals surface area contributed by atoms with Crippen LogP contribution >= 0.6 is 0 Å². The van der Waals surface area contributed by atoms with Crippen molar-refractivity contribution in [3.05, 3.63) is 0 Å². The van der Waals surface area contributed by atoms with E-state index in [0.717, 1.165) is 19.4 Å². The van der Waals surface area contributed by atoms with E-state index in [2.05, 4.69) is 0 Å². The minimum Gasteiger partial charge on any atom is -0.385 e. The summed E-state index contributed by atoms with van der Waals surface area (Å²) in [5.74, 6) is 0.378. The molecule has 1 atom stereocenters. The number of methoxy groups -OCH3 is 1. The maximum atomic E-state index is 11.4. The largest absolute Gasteiger partial charge is 0.385 e. The fourth-order valence-electron chi connectivity index (χ4n) is 1.57. The third-order valence-corrected chi connectivity index (χ3v) is 2.51. The van der Waals surface area contributed by atoms with Crippen LogP contribution in [0.15, 0.2) is 0 Å². The Kier molecular flexibility index (Phi) is 6.55. The van der Waals surface area contributed by atoms with Crippen LogP contribution in [-0.4, -0.2) is 45.9 Å². The molecule has 0 radical (unpaired) electrons. The Morgan fingerprint density at radius 1 is 1.40 bits per heavy atom. The van der Waals surface area contributed by atoms with Gasteiger partial charge in [-0.25, -0.2) is 0 Å². The van der Waals surface area contributed by atoms with E-state index in [9.17, 15) is 4.79 Å². The van der Waals surface area contributed by atoms with Gasteiger partial charge in [-0.3, -0.25) is 4.79 Å². The Bertz CT molecular complexity index is 181. The monoisotopic (exact) mass is 216 g/mol. The van der Waals surface area contributed by atoms with Crippen molar-refractivity contribution in [2.75, 3.05) is 40.1 Å². The molecule has 0 spiro atoms. The molecule has 0 aromatic heterocycles. The summed E-state index contributed by atoms with van der Waals surface area (Å²) in [6.45, 7) is 3.23. The Morgan fingerprint density at radius 3 is 3.00 bits per heavy atom. The maximum Gasteiger partial charge on any atom is 0.140 e. The zero-order valence-electron chi connectivity index (χ0n) is 9.37. The van der Waals surface area contributed by atoms with Gasteiger partial charge in [0.05, 0.1) is 13.2 Å². The van der Waals surface area contributed by atoms with Gasteiger partial charge in [-0.1, -0.05) is 0 Å². The van der Waals surface area contributed by atoms with Gasteiger partial charge in [0, 0.05) is 39.3 Å². The average molecular weight is 216 g/mol. The van der Waals surface area contributed by atoms with E-state index < -0.39 is 0 Å². The smallest absolute Gasteiger partial charge is 0.140 e. The summed E-state index contributed by atoms with van der Waals surface area (Å²) in [6, 6.07) is 0. The lowest BCUT2D eigenvalue weighted by atomic mass is 9.98. The predicted molar refractivity (Wildman–Crippen MR) is 55.9 cm³/mol. The molecular formula is C11H20O4. The SMILES string of the molecule is COCCCOCCC1COCCC1=O. The lowest BCUT2D eigenvalue weighted by molar-refractivity contribution is -0.131. The molecule has 0 aromatic rings. The Labute approximate surface area is 90.9 Å². The van der Waals surface area contributed by atoms with Crippen LogP contribution in [-0.2, 0) is 19.0 Å². The molecule has 1 unspecified atom stereocenters. The second-order valence-electron chi connectivity index (χ2n) is 3.74. The molecule has 0 aromatic carbocycles. The number of carbonyl (C=O) groups excluding carboxylic acids is 1. The summed E-state index contributed by atoms with van der Waals surface area (Å²) in [5.41, 5.74) is 0. The highest BCUT2D eigenvalue weighted by molar-refractivity contribution is 5.81. The normalized spacial score (nSPS) is 21.9. The molecule has 1 fully saturated rings. The molecule has 15 heavy (non-hydrogen) atoms. The lowest BCUT2D eigenvalue weighted by Gasteiger charge is -2.20. The fourth-order valence-corrected chi connectivity index (χ4v) is 1.57. The molecule has 0 saturated carbocycles. The van der Waals surface area contributed by atoms with Gasteiger partial charge in [0.1, 0.15) is 5.78 Å². The molecule has 0 amide bonds. The van der Waals surface area contributed by atoms with Crippen molar-refractivity contribution < 1.29 is 19.0 Å². The molecule has 4 nitrogen and oxygen atoms in total. The zero-order valence-corrected chi connectivity index (χ0v) is 9.37. The minimum atomic E-state index is 0.0566. The zero-order chi connectivity index (χ0) is 10.9. The third kappa shape index (κ3) is 5.25. The number of ether oxygens (including phenoxy) is 3. The summed E-state index contributed by atoms with van der Waals surface area (Å²) in [7, 11) is 1.68. The molecule has 1 aliphatic rings. The van der Waals surface area contributed by atoms with Crippen LogP contribution in [0.5, 0.6) is 0 Å². The van der Waals surface area contributed by atoms with E-state index in [4.69, 9.17) is 14.2 Å². The first kappa shape index (κ1) is 12.6. The number of rotatable bonds is 7. The van der Waals surface area contributed by atoms with E-state index in [1.165, 1.54) is 0 Å². The maximum absolute atomic E-state index is 11.4. The van der Waals surface area contributed by atoms with Gasteiger partial charge in [-0.05, 0) is 12.8 Å². The topological polar surface area (TPSA) is 44.8 Å². The molecule has 0 N–H and O–H groups in total. The average Bonchev–Trinajstić information content (AvgIpc) is 2.25. The first-order valence-electron chi connectivity index (χ1n) is 5.51. The Hall–Kier alpha value is -0.450. The lowest BCUT2D eigenvalue weighted by Crippen LogP contribution is -2.28. The van der Waals surface area contributed by atoms with Crippen LogP contribution in [0, 0.1) is 5.92 Å². The second kappa shape index (κ2) is 7.79. The van der Waals surface area contributed by atoms with E-state index >= 15 is 0 Å².